The summed E-state index contributed by atoms with van der Waals surface area (Å²) in [6, 6.07) is 12.4. The van der Waals surface area contributed by atoms with Crippen molar-refractivity contribution in [2.75, 3.05) is 19.9 Å². The Morgan fingerprint density at radius 2 is 2.00 bits per heavy atom. The van der Waals surface area contributed by atoms with Crippen molar-refractivity contribution in [1.29, 1.82) is 0 Å². The van der Waals surface area contributed by atoms with Crippen molar-refractivity contribution >= 4 is 23.4 Å². The first-order valence-corrected chi connectivity index (χ1v) is 9.55. The summed E-state index contributed by atoms with van der Waals surface area (Å²) in [5.74, 6) is 0.604. The van der Waals surface area contributed by atoms with Gasteiger partial charge in [0, 0.05) is 18.2 Å². The molecule has 136 valence electrons. The van der Waals surface area contributed by atoms with E-state index >= 15 is 0 Å². The molecule has 1 atom stereocenters. The number of nitro benzene ring substituents is 1. The highest BCUT2D eigenvalue weighted by Crippen LogP contribution is 2.35. The molecule has 0 N–H and O–H groups in total. The van der Waals surface area contributed by atoms with Crippen molar-refractivity contribution in [1.82, 2.24) is 4.90 Å². The lowest BCUT2D eigenvalue weighted by Crippen LogP contribution is -2.30. The standard InChI is InChI=1S/C19H20N2O4S/c1-25-15-8-5-13(6-9-15)16-4-3-11-20(16)19(22)14-7-10-18(26-2)17(12-14)21(23)24/h5-10,12,16H,3-4,11H2,1-2H3. The van der Waals surface area contributed by atoms with Gasteiger partial charge in [-0.25, -0.2) is 0 Å². The van der Waals surface area contributed by atoms with Gasteiger partial charge >= 0.3 is 0 Å². The second-order valence-electron chi connectivity index (χ2n) is 6.07. The summed E-state index contributed by atoms with van der Waals surface area (Å²) in [5.41, 5.74) is 1.38. The van der Waals surface area contributed by atoms with E-state index in [4.69, 9.17) is 4.74 Å². The molecule has 1 saturated heterocycles. The molecule has 2 aromatic carbocycles. The Morgan fingerprint density at radius 3 is 2.62 bits per heavy atom. The summed E-state index contributed by atoms with van der Waals surface area (Å²) in [7, 11) is 1.62. The van der Waals surface area contributed by atoms with Crippen LogP contribution in [0.1, 0.15) is 34.8 Å². The van der Waals surface area contributed by atoms with E-state index in [-0.39, 0.29) is 17.6 Å². The highest BCUT2D eigenvalue weighted by atomic mass is 32.2. The average molecular weight is 372 g/mol. The quantitative estimate of drug-likeness (QED) is 0.444. The maximum absolute atomic E-state index is 13.0. The van der Waals surface area contributed by atoms with Gasteiger partial charge < -0.3 is 9.64 Å². The second-order valence-corrected chi connectivity index (χ2v) is 6.92. The molecule has 0 aromatic heterocycles. The minimum absolute atomic E-state index is 0.0207. The van der Waals surface area contributed by atoms with E-state index in [0.29, 0.717) is 17.0 Å². The van der Waals surface area contributed by atoms with Crippen molar-refractivity contribution < 1.29 is 14.5 Å². The van der Waals surface area contributed by atoms with Crippen LogP contribution in [0.5, 0.6) is 5.75 Å². The number of benzene rings is 2. The number of hydrogen-bond acceptors (Lipinski definition) is 5. The molecular formula is C19H20N2O4S. The van der Waals surface area contributed by atoms with Gasteiger partial charge in [-0.05, 0) is 48.9 Å². The second kappa shape index (κ2) is 7.78. The fourth-order valence-electron chi connectivity index (χ4n) is 3.31. The predicted molar refractivity (Wildman–Crippen MR) is 101 cm³/mol. The molecule has 0 aliphatic carbocycles. The molecule has 1 heterocycles. The Morgan fingerprint density at radius 1 is 1.27 bits per heavy atom. The van der Waals surface area contributed by atoms with Crippen LogP contribution in [0, 0.1) is 10.1 Å². The zero-order chi connectivity index (χ0) is 18.7. The molecule has 0 bridgehead atoms. The summed E-state index contributed by atoms with van der Waals surface area (Å²) in [6.07, 6.45) is 3.57. The van der Waals surface area contributed by atoms with E-state index in [0.717, 1.165) is 24.2 Å². The highest BCUT2D eigenvalue weighted by Gasteiger charge is 2.31. The third kappa shape index (κ3) is 3.53. The molecule has 26 heavy (non-hydrogen) atoms. The van der Waals surface area contributed by atoms with Gasteiger partial charge in [0.25, 0.3) is 11.6 Å². The smallest absolute Gasteiger partial charge is 0.283 e. The molecule has 1 unspecified atom stereocenters. The molecule has 1 fully saturated rings. The Labute approximate surface area is 156 Å². The van der Waals surface area contributed by atoms with Gasteiger partial charge in [-0.15, -0.1) is 11.8 Å². The van der Waals surface area contributed by atoms with E-state index in [1.54, 1.807) is 30.4 Å². The lowest BCUT2D eigenvalue weighted by molar-refractivity contribution is -0.387. The minimum atomic E-state index is -0.437. The fourth-order valence-corrected chi connectivity index (χ4v) is 3.86. The van der Waals surface area contributed by atoms with Crippen LogP contribution in [0.25, 0.3) is 0 Å². The number of nitro groups is 1. The molecule has 6 nitrogen and oxygen atoms in total. The van der Waals surface area contributed by atoms with E-state index in [9.17, 15) is 14.9 Å². The van der Waals surface area contributed by atoms with Crippen LogP contribution in [-0.2, 0) is 0 Å². The van der Waals surface area contributed by atoms with Crippen LogP contribution in [0.15, 0.2) is 47.4 Å². The van der Waals surface area contributed by atoms with Crippen LogP contribution in [0.4, 0.5) is 5.69 Å². The van der Waals surface area contributed by atoms with Gasteiger partial charge in [0.15, 0.2) is 0 Å². The number of nitrogens with zero attached hydrogens (tertiary/aromatic N) is 2. The van der Waals surface area contributed by atoms with Crippen molar-refractivity contribution in [3.05, 3.63) is 63.7 Å². The molecule has 3 rings (SSSR count). The van der Waals surface area contributed by atoms with Crippen LogP contribution in [-0.4, -0.2) is 35.6 Å². The average Bonchev–Trinajstić information content (AvgIpc) is 3.16. The Hall–Kier alpha value is -2.54. The topological polar surface area (TPSA) is 72.7 Å². The van der Waals surface area contributed by atoms with Gasteiger partial charge in [0.2, 0.25) is 0 Å². The van der Waals surface area contributed by atoms with Gasteiger partial charge in [0.1, 0.15) is 5.75 Å². The molecule has 0 spiro atoms. The van der Waals surface area contributed by atoms with Crippen LogP contribution < -0.4 is 4.74 Å². The monoisotopic (exact) mass is 372 g/mol. The first-order chi connectivity index (χ1) is 12.5. The molecule has 1 amide bonds. The van der Waals surface area contributed by atoms with Crippen molar-refractivity contribution in [2.45, 2.75) is 23.8 Å². The largest absolute Gasteiger partial charge is 0.497 e. The number of ether oxygens (including phenoxy) is 1. The number of thioether (sulfide) groups is 1. The molecule has 2 aromatic rings. The van der Waals surface area contributed by atoms with E-state index < -0.39 is 4.92 Å². The fraction of sp³-hybridized carbons (Fsp3) is 0.316. The molecule has 0 saturated carbocycles. The molecule has 7 heteroatoms. The van der Waals surface area contributed by atoms with Crippen molar-refractivity contribution in [3.63, 3.8) is 0 Å². The van der Waals surface area contributed by atoms with E-state index in [2.05, 4.69) is 0 Å². The van der Waals surface area contributed by atoms with Gasteiger partial charge in [-0.3, -0.25) is 14.9 Å². The number of hydrogen-bond donors (Lipinski definition) is 0. The van der Waals surface area contributed by atoms with Crippen LogP contribution in [0.2, 0.25) is 0 Å². The molecule has 1 aliphatic rings. The summed E-state index contributed by atoms with van der Waals surface area (Å²) >= 11 is 1.30. The number of rotatable bonds is 5. The number of amides is 1. The van der Waals surface area contributed by atoms with E-state index in [1.807, 2.05) is 24.3 Å². The zero-order valence-electron chi connectivity index (χ0n) is 14.7. The number of likely N-dealkylation sites (tertiary alicyclic amines) is 1. The highest BCUT2D eigenvalue weighted by molar-refractivity contribution is 7.98. The number of carbonyl (C=O) groups is 1. The first kappa shape index (κ1) is 18.3. The van der Waals surface area contributed by atoms with Gasteiger partial charge in [-0.1, -0.05) is 12.1 Å². The van der Waals surface area contributed by atoms with Crippen molar-refractivity contribution in [2.24, 2.45) is 0 Å². The summed E-state index contributed by atoms with van der Waals surface area (Å²) < 4.78 is 5.19. The Bertz CT molecular complexity index is 823. The predicted octanol–water partition coefficient (Wildman–Crippen LogP) is 4.30. The normalized spacial score (nSPS) is 16.5. The lowest BCUT2D eigenvalue weighted by Gasteiger charge is -2.25. The third-order valence-corrected chi connectivity index (χ3v) is 5.42. The Kier molecular flexibility index (Phi) is 5.46. The lowest BCUT2D eigenvalue weighted by atomic mass is 10.0. The first-order valence-electron chi connectivity index (χ1n) is 8.32. The van der Waals surface area contributed by atoms with Crippen molar-refractivity contribution in [3.8, 4) is 5.75 Å². The maximum atomic E-state index is 13.0. The van der Waals surface area contributed by atoms with Gasteiger partial charge in [-0.2, -0.15) is 0 Å². The summed E-state index contributed by atoms with van der Waals surface area (Å²) in [4.78, 5) is 26.2. The Balaban J connectivity index is 1.88. The number of methoxy groups -OCH3 is 1. The maximum Gasteiger partial charge on any atom is 0.283 e. The third-order valence-electron chi connectivity index (χ3n) is 4.64. The molecule has 0 radical (unpaired) electrons. The zero-order valence-corrected chi connectivity index (χ0v) is 15.5. The minimum Gasteiger partial charge on any atom is -0.497 e. The number of carbonyl (C=O) groups excluding carboxylic acids is 1. The van der Waals surface area contributed by atoms with E-state index in [1.165, 1.54) is 17.8 Å². The van der Waals surface area contributed by atoms with Crippen LogP contribution >= 0.6 is 11.8 Å². The van der Waals surface area contributed by atoms with Crippen LogP contribution in [0.3, 0.4) is 0 Å². The van der Waals surface area contributed by atoms with Gasteiger partial charge in [0.05, 0.1) is 23.0 Å². The molecular weight excluding hydrogens is 352 g/mol. The summed E-state index contributed by atoms with van der Waals surface area (Å²) in [5, 5.41) is 11.3. The SMILES string of the molecule is COc1ccc(C2CCCN2C(=O)c2ccc(SC)c([N+](=O)[O-])c2)cc1. The molecule has 1 aliphatic heterocycles. The summed E-state index contributed by atoms with van der Waals surface area (Å²) in [6.45, 7) is 0.646.